The second kappa shape index (κ2) is 7.33. The Morgan fingerprint density at radius 1 is 1.42 bits per heavy atom. The molecule has 2 heterocycles. The van der Waals surface area contributed by atoms with Crippen molar-refractivity contribution in [1.82, 2.24) is 25.3 Å². The van der Waals surface area contributed by atoms with Crippen molar-refractivity contribution in [3.63, 3.8) is 0 Å². The normalized spacial score (nSPS) is 20.3. The highest BCUT2D eigenvalue weighted by atomic mass is 19.3. The van der Waals surface area contributed by atoms with Gasteiger partial charge in [-0.1, -0.05) is 11.6 Å². The molecule has 9 heteroatoms. The van der Waals surface area contributed by atoms with Crippen LogP contribution in [0.3, 0.4) is 0 Å². The van der Waals surface area contributed by atoms with Crippen LogP contribution in [0.2, 0.25) is 0 Å². The summed E-state index contributed by atoms with van der Waals surface area (Å²) in [7, 11) is 0. The highest BCUT2D eigenvalue weighted by Crippen LogP contribution is 2.27. The molecule has 24 heavy (non-hydrogen) atoms. The molecule has 1 saturated carbocycles. The second-order valence-electron chi connectivity index (χ2n) is 5.65. The number of carbonyl (C=O) groups excluding carboxylic acids is 1. The van der Waals surface area contributed by atoms with Gasteiger partial charge in [-0.3, -0.25) is 9.48 Å². The molecule has 0 aliphatic heterocycles. The standard InChI is InChI=1S/C15H17F2N5O2/c16-15(17)24-11-4-5-13(18-8-11)14(23)20-12-3-1-2-10(12)9-22-7-6-19-21-22/h4-8,10,12,15H,1-3,9H2,(H,20,23)/t10-,12-/m1/s1. The monoisotopic (exact) mass is 337 g/mol. The summed E-state index contributed by atoms with van der Waals surface area (Å²) >= 11 is 0. The lowest BCUT2D eigenvalue weighted by Gasteiger charge is -2.20. The summed E-state index contributed by atoms with van der Waals surface area (Å²) in [5.74, 6) is -0.127. The van der Waals surface area contributed by atoms with Crippen molar-refractivity contribution in [2.45, 2.75) is 38.5 Å². The fourth-order valence-corrected chi connectivity index (χ4v) is 2.95. The van der Waals surface area contributed by atoms with Crippen LogP contribution >= 0.6 is 0 Å². The van der Waals surface area contributed by atoms with Crippen LogP contribution in [0.1, 0.15) is 29.8 Å². The van der Waals surface area contributed by atoms with Gasteiger partial charge in [0.15, 0.2) is 0 Å². The summed E-state index contributed by atoms with van der Waals surface area (Å²) < 4.78 is 30.2. The topological polar surface area (TPSA) is 81.9 Å². The van der Waals surface area contributed by atoms with Gasteiger partial charge in [-0.05, 0) is 30.9 Å². The van der Waals surface area contributed by atoms with Crippen molar-refractivity contribution < 1.29 is 18.3 Å². The van der Waals surface area contributed by atoms with Crippen LogP contribution < -0.4 is 10.1 Å². The number of halogens is 2. The van der Waals surface area contributed by atoms with E-state index in [0.717, 1.165) is 25.5 Å². The Morgan fingerprint density at radius 2 is 2.29 bits per heavy atom. The highest BCUT2D eigenvalue weighted by Gasteiger charge is 2.29. The van der Waals surface area contributed by atoms with Gasteiger partial charge in [0.1, 0.15) is 11.4 Å². The van der Waals surface area contributed by atoms with Gasteiger partial charge >= 0.3 is 6.61 Å². The first-order chi connectivity index (χ1) is 11.6. The third kappa shape index (κ3) is 4.03. The minimum atomic E-state index is -2.91. The molecule has 1 fully saturated rings. The van der Waals surface area contributed by atoms with E-state index in [4.69, 9.17) is 0 Å². The molecule has 128 valence electrons. The molecule has 0 unspecified atom stereocenters. The van der Waals surface area contributed by atoms with E-state index in [9.17, 15) is 13.6 Å². The van der Waals surface area contributed by atoms with Crippen LogP contribution in [-0.4, -0.2) is 38.5 Å². The Bertz CT molecular complexity index is 663. The first-order valence-electron chi connectivity index (χ1n) is 7.67. The summed E-state index contributed by atoms with van der Waals surface area (Å²) in [6, 6.07) is 2.70. The van der Waals surface area contributed by atoms with Gasteiger partial charge in [0.05, 0.1) is 12.4 Å². The van der Waals surface area contributed by atoms with Crippen molar-refractivity contribution in [3.8, 4) is 5.75 Å². The molecular formula is C15H17F2N5O2. The number of ether oxygens (including phenoxy) is 1. The number of carbonyl (C=O) groups is 1. The first-order valence-corrected chi connectivity index (χ1v) is 7.67. The van der Waals surface area contributed by atoms with Crippen LogP contribution in [0.15, 0.2) is 30.7 Å². The van der Waals surface area contributed by atoms with Gasteiger partial charge in [0.25, 0.3) is 5.91 Å². The van der Waals surface area contributed by atoms with E-state index in [1.54, 1.807) is 17.1 Å². The van der Waals surface area contributed by atoms with E-state index in [1.807, 2.05) is 0 Å². The second-order valence-corrected chi connectivity index (χ2v) is 5.65. The first kappa shape index (κ1) is 16.3. The van der Waals surface area contributed by atoms with Crippen LogP contribution in [0.4, 0.5) is 8.78 Å². The van der Waals surface area contributed by atoms with Crippen LogP contribution in [-0.2, 0) is 6.54 Å². The number of nitrogens with one attached hydrogen (secondary N) is 1. The van der Waals surface area contributed by atoms with Crippen LogP contribution in [0.5, 0.6) is 5.75 Å². The maximum atomic E-state index is 12.3. The lowest BCUT2D eigenvalue weighted by molar-refractivity contribution is -0.0500. The van der Waals surface area contributed by atoms with E-state index < -0.39 is 6.61 Å². The average Bonchev–Trinajstić information content (AvgIpc) is 3.20. The fraction of sp³-hybridized carbons (Fsp3) is 0.467. The molecular weight excluding hydrogens is 320 g/mol. The van der Waals surface area contributed by atoms with Crippen molar-refractivity contribution in [1.29, 1.82) is 0 Å². The van der Waals surface area contributed by atoms with Gasteiger partial charge in [-0.15, -0.1) is 5.10 Å². The van der Waals surface area contributed by atoms with E-state index in [-0.39, 0.29) is 29.3 Å². The minimum Gasteiger partial charge on any atom is -0.433 e. The lowest BCUT2D eigenvalue weighted by Crippen LogP contribution is -2.39. The minimum absolute atomic E-state index is 0.0282. The Labute approximate surface area is 137 Å². The van der Waals surface area contributed by atoms with Crippen LogP contribution in [0.25, 0.3) is 0 Å². The molecule has 0 aromatic carbocycles. The van der Waals surface area contributed by atoms with Gasteiger partial charge in [-0.2, -0.15) is 8.78 Å². The average molecular weight is 337 g/mol. The zero-order valence-corrected chi connectivity index (χ0v) is 12.8. The molecule has 0 spiro atoms. The summed E-state index contributed by atoms with van der Waals surface area (Å²) in [6.45, 7) is -2.22. The van der Waals surface area contributed by atoms with E-state index in [0.29, 0.717) is 6.54 Å². The SMILES string of the molecule is O=C(N[C@@H]1CCC[C@@H]1Cn1ccnn1)c1ccc(OC(F)F)cn1. The molecule has 1 N–H and O–H groups in total. The van der Waals surface area contributed by atoms with E-state index in [1.165, 1.54) is 12.1 Å². The molecule has 0 bridgehead atoms. The molecule has 1 aliphatic rings. The number of hydrogen-bond acceptors (Lipinski definition) is 5. The molecule has 3 rings (SSSR count). The smallest absolute Gasteiger partial charge is 0.387 e. The van der Waals surface area contributed by atoms with E-state index >= 15 is 0 Å². The number of pyridine rings is 1. The van der Waals surface area contributed by atoms with Gasteiger partial charge in [-0.25, -0.2) is 4.98 Å². The van der Waals surface area contributed by atoms with Crippen molar-refractivity contribution >= 4 is 5.91 Å². The zero-order valence-electron chi connectivity index (χ0n) is 12.8. The predicted molar refractivity (Wildman–Crippen MR) is 79.5 cm³/mol. The molecule has 1 amide bonds. The molecule has 0 radical (unpaired) electrons. The number of aromatic nitrogens is 4. The summed E-state index contributed by atoms with van der Waals surface area (Å²) in [4.78, 5) is 16.2. The summed E-state index contributed by atoms with van der Waals surface area (Å²) in [6.07, 6.45) is 7.44. The Hall–Kier alpha value is -2.58. The number of hydrogen-bond donors (Lipinski definition) is 1. The largest absolute Gasteiger partial charge is 0.433 e. The third-order valence-electron chi connectivity index (χ3n) is 4.06. The molecule has 7 nitrogen and oxygen atoms in total. The van der Waals surface area contributed by atoms with E-state index in [2.05, 4.69) is 25.3 Å². The van der Waals surface area contributed by atoms with Crippen molar-refractivity contribution in [3.05, 3.63) is 36.4 Å². The maximum absolute atomic E-state index is 12.3. The molecule has 0 saturated heterocycles. The lowest BCUT2D eigenvalue weighted by atomic mass is 10.0. The van der Waals surface area contributed by atoms with Crippen molar-refractivity contribution in [2.75, 3.05) is 0 Å². The van der Waals surface area contributed by atoms with Crippen LogP contribution in [0, 0.1) is 5.92 Å². The number of rotatable bonds is 6. The maximum Gasteiger partial charge on any atom is 0.387 e. The number of amides is 1. The van der Waals surface area contributed by atoms with Crippen molar-refractivity contribution in [2.24, 2.45) is 5.92 Å². The Balaban J connectivity index is 1.59. The highest BCUT2D eigenvalue weighted by molar-refractivity contribution is 5.92. The quantitative estimate of drug-likeness (QED) is 0.870. The fourth-order valence-electron chi connectivity index (χ4n) is 2.95. The summed E-state index contributed by atoms with van der Waals surface area (Å²) in [5, 5.41) is 10.7. The zero-order chi connectivity index (χ0) is 16.9. The van der Waals surface area contributed by atoms with Gasteiger partial charge in [0, 0.05) is 18.8 Å². The third-order valence-corrected chi connectivity index (χ3v) is 4.06. The molecule has 2 aromatic heterocycles. The Kier molecular flexibility index (Phi) is 4.97. The Morgan fingerprint density at radius 3 is 2.96 bits per heavy atom. The summed E-state index contributed by atoms with van der Waals surface area (Å²) in [5.41, 5.74) is 0.169. The number of alkyl halides is 2. The molecule has 2 atom stereocenters. The molecule has 2 aromatic rings. The predicted octanol–water partition coefficient (Wildman–Crippen LogP) is 1.87. The molecule has 1 aliphatic carbocycles. The van der Waals surface area contributed by atoms with Gasteiger partial charge in [0.2, 0.25) is 0 Å². The van der Waals surface area contributed by atoms with Gasteiger partial charge < -0.3 is 10.1 Å². The number of nitrogens with zero attached hydrogens (tertiary/aromatic N) is 4.